The third-order valence-corrected chi connectivity index (χ3v) is 6.89. The normalized spacial score (nSPS) is 30.9. The smallest absolute Gasteiger partial charge is 0.226 e. The molecule has 0 aromatic heterocycles. The van der Waals surface area contributed by atoms with Gasteiger partial charge in [0, 0.05) is 25.0 Å². The molecule has 2 aliphatic carbocycles. The number of fused-ring (bicyclic) bond motifs is 1. The van der Waals surface area contributed by atoms with Crippen molar-refractivity contribution in [3.05, 3.63) is 65.7 Å². The van der Waals surface area contributed by atoms with E-state index in [0.717, 1.165) is 37.2 Å². The summed E-state index contributed by atoms with van der Waals surface area (Å²) in [4.78, 5) is 15.0. The average Bonchev–Trinajstić information content (AvgIpc) is 3.30. The molecule has 4 heteroatoms. The minimum Gasteiger partial charge on any atom is -0.489 e. The van der Waals surface area contributed by atoms with Crippen molar-refractivity contribution in [3.8, 4) is 5.75 Å². The molecule has 28 heavy (non-hydrogen) atoms. The van der Waals surface area contributed by atoms with Crippen molar-refractivity contribution in [1.82, 2.24) is 4.90 Å². The molecule has 1 amide bonds. The summed E-state index contributed by atoms with van der Waals surface area (Å²) in [6.07, 6.45) is 3.29. The molecule has 3 fully saturated rings. The molecule has 1 aliphatic heterocycles. The van der Waals surface area contributed by atoms with Crippen molar-refractivity contribution in [1.29, 1.82) is 0 Å². The van der Waals surface area contributed by atoms with Gasteiger partial charge in [0.25, 0.3) is 0 Å². The molecule has 2 saturated carbocycles. The van der Waals surface area contributed by atoms with Crippen LogP contribution in [0.3, 0.4) is 0 Å². The number of amides is 1. The molecule has 2 aromatic carbocycles. The van der Waals surface area contributed by atoms with Crippen molar-refractivity contribution in [2.24, 2.45) is 23.5 Å². The number of hydrogen-bond acceptors (Lipinski definition) is 3. The fourth-order valence-corrected chi connectivity index (χ4v) is 5.11. The number of nitrogens with two attached hydrogens (primary N) is 1. The first-order valence-electron chi connectivity index (χ1n) is 10.5. The van der Waals surface area contributed by atoms with E-state index in [2.05, 4.69) is 29.2 Å². The summed E-state index contributed by atoms with van der Waals surface area (Å²) >= 11 is 0. The van der Waals surface area contributed by atoms with E-state index in [-0.39, 0.29) is 5.92 Å². The summed E-state index contributed by atoms with van der Waals surface area (Å²) in [6, 6.07) is 18.8. The number of rotatable bonds is 5. The average molecular weight is 377 g/mol. The van der Waals surface area contributed by atoms with E-state index in [1.165, 1.54) is 12.0 Å². The Morgan fingerprint density at radius 2 is 1.82 bits per heavy atom. The second-order valence-electron chi connectivity index (χ2n) is 8.70. The largest absolute Gasteiger partial charge is 0.489 e. The zero-order chi connectivity index (χ0) is 19.1. The molecule has 5 unspecified atom stereocenters. The van der Waals surface area contributed by atoms with Crippen molar-refractivity contribution >= 4 is 5.91 Å². The first-order chi connectivity index (χ1) is 13.7. The van der Waals surface area contributed by atoms with Crippen LogP contribution in [-0.2, 0) is 11.4 Å². The van der Waals surface area contributed by atoms with Crippen LogP contribution in [0.4, 0.5) is 0 Å². The molecule has 2 N–H and O–H groups in total. The summed E-state index contributed by atoms with van der Waals surface area (Å²) in [7, 11) is 0. The highest BCUT2D eigenvalue weighted by atomic mass is 16.5. The highest BCUT2D eigenvalue weighted by Crippen LogP contribution is 2.50. The van der Waals surface area contributed by atoms with E-state index in [1.807, 2.05) is 30.3 Å². The standard InChI is InChI=1S/C24H28N2O2/c25-23-11-8-18-13-26(14-22(18)23)24(27)21-12-20(21)17-6-9-19(10-7-17)28-15-16-4-2-1-3-5-16/h1-7,9-10,18,20-23H,8,11-15,25H2. The van der Waals surface area contributed by atoms with E-state index >= 15 is 0 Å². The van der Waals surface area contributed by atoms with Crippen LogP contribution in [0.2, 0.25) is 0 Å². The number of carbonyl (C=O) groups is 1. The SMILES string of the molecule is NC1CCC2CN(C(=O)C3CC3c3ccc(OCc4ccccc4)cc3)CC12. The van der Waals surface area contributed by atoms with Gasteiger partial charge in [-0.1, -0.05) is 42.5 Å². The third-order valence-electron chi connectivity index (χ3n) is 6.89. The fraction of sp³-hybridized carbons (Fsp3) is 0.458. The van der Waals surface area contributed by atoms with E-state index < -0.39 is 0 Å². The molecule has 2 aromatic rings. The molecule has 0 spiro atoms. The molecule has 1 saturated heterocycles. The first kappa shape index (κ1) is 17.7. The van der Waals surface area contributed by atoms with Crippen LogP contribution in [0.1, 0.15) is 36.3 Å². The Morgan fingerprint density at radius 3 is 2.57 bits per heavy atom. The van der Waals surface area contributed by atoms with Gasteiger partial charge in [-0.15, -0.1) is 0 Å². The predicted octanol–water partition coefficient (Wildman–Crippen LogP) is 3.56. The zero-order valence-corrected chi connectivity index (χ0v) is 16.2. The van der Waals surface area contributed by atoms with Gasteiger partial charge in [0.05, 0.1) is 0 Å². The second kappa shape index (κ2) is 7.25. The molecular weight excluding hydrogens is 348 g/mol. The van der Waals surface area contributed by atoms with Gasteiger partial charge in [-0.05, 0) is 60.3 Å². The van der Waals surface area contributed by atoms with E-state index in [0.29, 0.717) is 36.3 Å². The van der Waals surface area contributed by atoms with E-state index in [1.54, 1.807) is 0 Å². The number of ether oxygens (including phenoxy) is 1. The van der Waals surface area contributed by atoms with E-state index in [9.17, 15) is 4.79 Å². The number of hydrogen-bond donors (Lipinski definition) is 1. The maximum Gasteiger partial charge on any atom is 0.226 e. The summed E-state index contributed by atoms with van der Waals surface area (Å²) in [5.74, 6) is 2.91. The summed E-state index contributed by atoms with van der Waals surface area (Å²) in [5, 5.41) is 0. The molecule has 1 heterocycles. The Kier molecular flexibility index (Phi) is 4.59. The molecular formula is C24H28N2O2. The number of nitrogens with zero attached hydrogens (tertiary/aromatic N) is 1. The summed E-state index contributed by atoms with van der Waals surface area (Å²) < 4.78 is 5.87. The minimum absolute atomic E-state index is 0.158. The monoisotopic (exact) mass is 376 g/mol. The molecule has 146 valence electrons. The van der Waals surface area contributed by atoms with Gasteiger partial charge >= 0.3 is 0 Å². The highest BCUT2D eigenvalue weighted by molar-refractivity contribution is 5.83. The second-order valence-corrected chi connectivity index (χ2v) is 8.70. The van der Waals surface area contributed by atoms with Crippen molar-refractivity contribution in [2.45, 2.75) is 37.8 Å². The first-order valence-corrected chi connectivity index (χ1v) is 10.5. The fourth-order valence-electron chi connectivity index (χ4n) is 5.11. The molecule has 3 aliphatic rings. The van der Waals surface area contributed by atoms with Gasteiger partial charge in [0.1, 0.15) is 12.4 Å². The van der Waals surface area contributed by atoms with Crippen LogP contribution >= 0.6 is 0 Å². The van der Waals surface area contributed by atoms with Crippen molar-refractivity contribution < 1.29 is 9.53 Å². The minimum atomic E-state index is 0.158. The molecule has 0 bridgehead atoms. The quantitative estimate of drug-likeness (QED) is 0.868. The Bertz CT molecular complexity index is 835. The van der Waals surface area contributed by atoms with E-state index in [4.69, 9.17) is 10.5 Å². The lowest BCUT2D eigenvalue weighted by atomic mass is 9.98. The summed E-state index contributed by atoms with van der Waals surface area (Å²) in [5.41, 5.74) is 8.63. The molecule has 5 rings (SSSR count). The molecule has 0 radical (unpaired) electrons. The topological polar surface area (TPSA) is 55.6 Å². The maximum atomic E-state index is 12.9. The van der Waals surface area contributed by atoms with Gasteiger partial charge < -0.3 is 15.4 Å². The Balaban J connectivity index is 1.15. The lowest BCUT2D eigenvalue weighted by Crippen LogP contribution is -2.34. The summed E-state index contributed by atoms with van der Waals surface area (Å²) in [6.45, 7) is 2.37. The van der Waals surface area contributed by atoms with Crippen molar-refractivity contribution in [2.75, 3.05) is 13.1 Å². The zero-order valence-electron chi connectivity index (χ0n) is 16.2. The predicted molar refractivity (Wildman–Crippen MR) is 109 cm³/mol. The molecule has 4 nitrogen and oxygen atoms in total. The number of likely N-dealkylation sites (tertiary alicyclic amines) is 1. The Hall–Kier alpha value is -2.33. The lowest BCUT2D eigenvalue weighted by molar-refractivity contribution is -0.131. The van der Waals surface area contributed by atoms with Gasteiger partial charge in [0.2, 0.25) is 5.91 Å². The van der Waals surface area contributed by atoms with Gasteiger partial charge in [-0.3, -0.25) is 4.79 Å². The van der Waals surface area contributed by atoms with Gasteiger partial charge in [-0.25, -0.2) is 0 Å². The van der Waals surface area contributed by atoms with Crippen LogP contribution in [0, 0.1) is 17.8 Å². The van der Waals surface area contributed by atoms with Crippen LogP contribution in [-0.4, -0.2) is 29.9 Å². The third kappa shape index (κ3) is 3.42. The van der Waals surface area contributed by atoms with Crippen LogP contribution in [0.25, 0.3) is 0 Å². The van der Waals surface area contributed by atoms with Crippen molar-refractivity contribution in [3.63, 3.8) is 0 Å². The van der Waals surface area contributed by atoms with Crippen LogP contribution < -0.4 is 10.5 Å². The Labute approximate surface area is 166 Å². The van der Waals surface area contributed by atoms with Gasteiger partial charge in [-0.2, -0.15) is 0 Å². The van der Waals surface area contributed by atoms with Crippen LogP contribution in [0.15, 0.2) is 54.6 Å². The molecule has 5 atom stereocenters. The lowest BCUT2D eigenvalue weighted by Gasteiger charge is -2.19. The maximum absolute atomic E-state index is 12.9. The highest BCUT2D eigenvalue weighted by Gasteiger charge is 2.49. The van der Waals surface area contributed by atoms with Crippen LogP contribution in [0.5, 0.6) is 5.75 Å². The number of carbonyl (C=O) groups excluding carboxylic acids is 1. The number of benzene rings is 2. The Morgan fingerprint density at radius 1 is 1.04 bits per heavy atom. The van der Waals surface area contributed by atoms with Gasteiger partial charge in [0.15, 0.2) is 0 Å².